The number of aliphatic imine (C=N–C) groups is 1. The van der Waals surface area contributed by atoms with E-state index >= 15 is 0 Å². The molecule has 0 fully saturated rings. The zero-order valence-corrected chi connectivity index (χ0v) is 16.0. The first kappa shape index (κ1) is 17.6. The van der Waals surface area contributed by atoms with E-state index in [2.05, 4.69) is 34.5 Å². The average molecular weight is 351 g/mol. The van der Waals surface area contributed by atoms with Gasteiger partial charge in [0.05, 0.1) is 11.4 Å². The normalized spacial score (nSPS) is 23.8. The summed E-state index contributed by atoms with van der Waals surface area (Å²) in [5.74, 6) is 1.56. The molecule has 1 aromatic heterocycles. The van der Waals surface area contributed by atoms with Crippen LogP contribution in [0, 0.1) is 5.92 Å². The van der Waals surface area contributed by atoms with Crippen molar-refractivity contribution in [3.63, 3.8) is 0 Å². The van der Waals surface area contributed by atoms with Crippen LogP contribution in [0.15, 0.2) is 35.0 Å². The zero-order valence-electron chi connectivity index (χ0n) is 16.0. The van der Waals surface area contributed by atoms with Gasteiger partial charge in [0.1, 0.15) is 0 Å². The van der Waals surface area contributed by atoms with Gasteiger partial charge in [-0.2, -0.15) is 0 Å². The number of hydrogen-bond acceptors (Lipinski definition) is 4. The molecule has 0 radical (unpaired) electrons. The number of allylic oxidation sites excluding steroid dienone is 2. The summed E-state index contributed by atoms with van der Waals surface area (Å²) in [6.45, 7) is 10.4. The second kappa shape index (κ2) is 7.83. The summed E-state index contributed by atoms with van der Waals surface area (Å²) in [7, 11) is 0. The second-order valence-electron chi connectivity index (χ2n) is 8.09. The maximum atomic E-state index is 4.85. The topological polar surface area (TPSA) is 41.4 Å². The molecule has 0 saturated carbocycles. The van der Waals surface area contributed by atoms with Crippen LogP contribution in [0.2, 0.25) is 0 Å². The third-order valence-corrected chi connectivity index (χ3v) is 6.02. The van der Waals surface area contributed by atoms with E-state index in [4.69, 9.17) is 4.98 Å². The summed E-state index contributed by atoms with van der Waals surface area (Å²) in [5, 5.41) is 0. The van der Waals surface area contributed by atoms with Crippen molar-refractivity contribution in [3.8, 4) is 0 Å². The zero-order chi connectivity index (χ0) is 17.9. The van der Waals surface area contributed by atoms with E-state index < -0.39 is 0 Å². The van der Waals surface area contributed by atoms with Crippen LogP contribution in [0.4, 0.5) is 0 Å². The predicted octanol–water partition coefficient (Wildman–Crippen LogP) is 4.11. The molecule has 3 heterocycles. The smallest absolute Gasteiger partial charge is 0.173 e. The van der Waals surface area contributed by atoms with Crippen molar-refractivity contribution >= 4 is 5.71 Å². The number of hydrogen-bond donors (Lipinski definition) is 0. The Hall–Kier alpha value is -1.81. The number of rotatable bonds is 4. The van der Waals surface area contributed by atoms with E-state index in [1.807, 2.05) is 6.20 Å². The molecule has 4 heteroatoms. The second-order valence-corrected chi connectivity index (χ2v) is 8.09. The van der Waals surface area contributed by atoms with E-state index in [-0.39, 0.29) is 0 Å². The minimum atomic E-state index is 0.690. The standard InChI is InChI=1S/C22H30N4/c1-16(2)18-8-6-17(7-9-18)14-26-12-10-20-19(15-26)13-24-22(25-20)21-5-3-4-11-23-21/h6,13,18H,1,3-5,7-12,14-15H2,2H3. The quantitative estimate of drug-likeness (QED) is 0.767. The average Bonchev–Trinajstić information content (AvgIpc) is 2.69. The van der Waals surface area contributed by atoms with Crippen molar-refractivity contribution in [3.05, 3.63) is 47.1 Å². The lowest BCUT2D eigenvalue weighted by Gasteiger charge is -2.31. The van der Waals surface area contributed by atoms with Crippen molar-refractivity contribution < 1.29 is 0 Å². The van der Waals surface area contributed by atoms with Crippen LogP contribution in [0.1, 0.15) is 62.5 Å². The Kier molecular flexibility index (Phi) is 5.30. The number of fused-ring (bicyclic) bond motifs is 1. The Morgan fingerprint density at radius 3 is 2.92 bits per heavy atom. The summed E-state index contributed by atoms with van der Waals surface area (Å²) in [5.41, 5.74) is 6.58. The highest BCUT2D eigenvalue weighted by Crippen LogP contribution is 2.29. The van der Waals surface area contributed by atoms with Crippen molar-refractivity contribution in [2.24, 2.45) is 10.9 Å². The van der Waals surface area contributed by atoms with Gasteiger partial charge in [-0.1, -0.05) is 23.8 Å². The summed E-state index contributed by atoms with van der Waals surface area (Å²) in [6, 6.07) is 0. The van der Waals surface area contributed by atoms with Crippen LogP contribution in [0.25, 0.3) is 0 Å². The maximum absolute atomic E-state index is 4.85. The molecular weight excluding hydrogens is 320 g/mol. The monoisotopic (exact) mass is 350 g/mol. The van der Waals surface area contributed by atoms with Gasteiger partial charge in [0.2, 0.25) is 0 Å². The molecule has 0 aromatic carbocycles. The van der Waals surface area contributed by atoms with Crippen molar-refractivity contribution in [2.45, 2.75) is 58.4 Å². The number of nitrogens with zero attached hydrogens (tertiary/aromatic N) is 4. The summed E-state index contributed by atoms with van der Waals surface area (Å²) in [6.07, 6.45) is 12.6. The first-order chi connectivity index (χ1) is 12.7. The van der Waals surface area contributed by atoms with Gasteiger partial charge < -0.3 is 0 Å². The van der Waals surface area contributed by atoms with Gasteiger partial charge in [-0.3, -0.25) is 9.89 Å². The fraction of sp³-hybridized carbons (Fsp3) is 0.591. The first-order valence-corrected chi connectivity index (χ1v) is 10.1. The molecule has 3 aliphatic rings. The van der Waals surface area contributed by atoms with E-state index in [1.54, 1.807) is 5.57 Å². The van der Waals surface area contributed by atoms with Crippen LogP contribution < -0.4 is 0 Å². The lowest BCUT2D eigenvalue weighted by molar-refractivity contribution is 0.267. The van der Waals surface area contributed by atoms with Gasteiger partial charge in [-0.15, -0.1) is 0 Å². The summed E-state index contributed by atoms with van der Waals surface area (Å²) >= 11 is 0. The van der Waals surface area contributed by atoms with Gasteiger partial charge in [-0.25, -0.2) is 9.97 Å². The van der Waals surface area contributed by atoms with Crippen molar-refractivity contribution in [1.82, 2.24) is 14.9 Å². The van der Waals surface area contributed by atoms with Gasteiger partial charge >= 0.3 is 0 Å². The molecule has 0 saturated heterocycles. The van der Waals surface area contributed by atoms with E-state index in [1.165, 1.54) is 48.9 Å². The van der Waals surface area contributed by atoms with Crippen LogP contribution in [0.3, 0.4) is 0 Å². The SMILES string of the molecule is C=C(C)C1CC=C(CN2CCc3nc(C4=NCCCC4)ncc3C2)CC1. The minimum Gasteiger partial charge on any atom is -0.295 e. The number of aromatic nitrogens is 2. The Balaban J connectivity index is 1.39. The molecule has 1 atom stereocenters. The molecule has 2 aliphatic heterocycles. The highest BCUT2D eigenvalue weighted by Gasteiger charge is 2.22. The van der Waals surface area contributed by atoms with Crippen LogP contribution in [0.5, 0.6) is 0 Å². The highest BCUT2D eigenvalue weighted by atomic mass is 15.1. The van der Waals surface area contributed by atoms with Crippen LogP contribution in [-0.2, 0) is 13.0 Å². The molecule has 4 nitrogen and oxygen atoms in total. The van der Waals surface area contributed by atoms with Crippen molar-refractivity contribution in [1.29, 1.82) is 0 Å². The van der Waals surface area contributed by atoms with E-state index in [0.717, 1.165) is 50.6 Å². The van der Waals surface area contributed by atoms with Gasteiger partial charge in [0.15, 0.2) is 5.82 Å². The molecule has 26 heavy (non-hydrogen) atoms. The van der Waals surface area contributed by atoms with Gasteiger partial charge in [-0.05, 0) is 51.4 Å². The highest BCUT2D eigenvalue weighted by molar-refractivity contribution is 5.97. The van der Waals surface area contributed by atoms with E-state index in [9.17, 15) is 0 Å². The summed E-state index contributed by atoms with van der Waals surface area (Å²) < 4.78 is 0. The van der Waals surface area contributed by atoms with Gasteiger partial charge in [0, 0.05) is 44.4 Å². The first-order valence-electron chi connectivity index (χ1n) is 10.1. The third kappa shape index (κ3) is 3.96. The molecular formula is C22H30N4. The molecule has 0 spiro atoms. The van der Waals surface area contributed by atoms with Crippen LogP contribution in [-0.4, -0.2) is 40.2 Å². The Bertz CT molecular complexity index is 747. The van der Waals surface area contributed by atoms with Crippen LogP contribution >= 0.6 is 0 Å². The minimum absolute atomic E-state index is 0.690. The maximum Gasteiger partial charge on any atom is 0.173 e. The molecule has 138 valence electrons. The fourth-order valence-electron chi connectivity index (χ4n) is 4.30. The molecule has 0 N–H and O–H groups in total. The molecule has 4 rings (SSSR count). The lowest BCUT2D eigenvalue weighted by Crippen LogP contribution is -2.33. The fourth-order valence-corrected chi connectivity index (χ4v) is 4.30. The molecule has 1 unspecified atom stereocenters. The lowest BCUT2D eigenvalue weighted by atomic mass is 9.85. The molecule has 1 aromatic rings. The predicted molar refractivity (Wildman–Crippen MR) is 107 cm³/mol. The Morgan fingerprint density at radius 1 is 1.27 bits per heavy atom. The van der Waals surface area contributed by atoms with Gasteiger partial charge in [0.25, 0.3) is 0 Å². The molecule has 1 aliphatic carbocycles. The Morgan fingerprint density at radius 2 is 2.19 bits per heavy atom. The Labute approximate surface area is 157 Å². The van der Waals surface area contributed by atoms with Crippen molar-refractivity contribution in [2.75, 3.05) is 19.6 Å². The molecule has 0 amide bonds. The third-order valence-electron chi connectivity index (χ3n) is 6.02. The summed E-state index contributed by atoms with van der Waals surface area (Å²) in [4.78, 5) is 16.7. The molecule has 0 bridgehead atoms. The van der Waals surface area contributed by atoms with E-state index in [0.29, 0.717) is 5.92 Å². The largest absolute Gasteiger partial charge is 0.295 e.